The molecule has 0 aromatic heterocycles. The molecule has 4 nitrogen and oxygen atoms in total. The summed E-state index contributed by atoms with van der Waals surface area (Å²) in [6, 6.07) is 13.7. The molecule has 0 aliphatic heterocycles. The van der Waals surface area contributed by atoms with E-state index in [9.17, 15) is 4.79 Å². The number of nitrogens with one attached hydrogen (secondary N) is 1. The van der Waals surface area contributed by atoms with E-state index in [4.69, 9.17) is 9.47 Å². The van der Waals surface area contributed by atoms with Crippen LogP contribution in [0.2, 0.25) is 0 Å². The van der Waals surface area contributed by atoms with Gasteiger partial charge in [-0.2, -0.15) is 0 Å². The number of rotatable bonds is 8. The molecule has 28 heavy (non-hydrogen) atoms. The quantitative estimate of drug-likeness (QED) is 0.656. The number of carbonyl (C=O) groups is 1. The van der Waals surface area contributed by atoms with Gasteiger partial charge in [0.25, 0.3) is 5.91 Å². The Bertz CT molecular complexity index is 793. The maximum Gasteiger partial charge on any atom is 0.251 e. The number of para-hydroxylation sites is 1. The van der Waals surface area contributed by atoms with Crippen molar-refractivity contribution < 1.29 is 14.3 Å². The summed E-state index contributed by atoms with van der Waals surface area (Å²) in [5.74, 6) is 1.50. The van der Waals surface area contributed by atoms with E-state index in [0.29, 0.717) is 17.9 Å². The fourth-order valence-electron chi connectivity index (χ4n) is 3.21. The van der Waals surface area contributed by atoms with Gasteiger partial charge in [0.1, 0.15) is 18.1 Å². The second-order valence-corrected chi connectivity index (χ2v) is 8.22. The smallest absolute Gasteiger partial charge is 0.251 e. The van der Waals surface area contributed by atoms with Crippen LogP contribution in [-0.2, 0) is 12.0 Å². The summed E-state index contributed by atoms with van der Waals surface area (Å²) in [5.41, 5.74) is 2.60. The van der Waals surface area contributed by atoms with Gasteiger partial charge in [-0.1, -0.05) is 52.3 Å². The summed E-state index contributed by atoms with van der Waals surface area (Å²) in [6.07, 6.45) is 2.00. The number of methoxy groups -OCH3 is 1. The van der Waals surface area contributed by atoms with Gasteiger partial charge >= 0.3 is 0 Å². The van der Waals surface area contributed by atoms with Crippen LogP contribution in [0.3, 0.4) is 0 Å². The molecule has 4 heteroatoms. The zero-order chi connectivity index (χ0) is 20.7. The standard InChI is InChI=1S/C24H33NO3/c1-7-10-17(2)25-23(26)18-13-14-21(27-6)19(15-18)16-28-22-12-9-8-11-20(22)24(3,4)5/h8-9,11-15,17H,7,10,16H2,1-6H3,(H,25,26)/t17-/m0/s1. The van der Waals surface area contributed by atoms with Gasteiger partial charge < -0.3 is 14.8 Å². The van der Waals surface area contributed by atoms with Crippen LogP contribution < -0.4 is 14.8 Å². The molecule has 0 unspecified atom stereocenters. The largest absolute Gasteiger partial charge is 0.496 e. The summed E-state index contributed by atoms with van der Waals surface area (Å²) < 4.78 is 11.6. The Morgan fingerprint density at radius 1 is 1.11 bits per heavy atom. The van der Waals surface area contributed by atoms with Crippen molar-refractivity contribution in [1.82, 2.24) is 5.32 Å². The van der Waals surface area contributed by atoms with E-state index < -0.39 is 0 Å². The molecule has 152 valence electrons. The number of hydrogen-bond acceptors (Lipinski definition) is 3. The lowest BCUT2D eigenvalue weighted by atomic mass is 9.86. The van der Waals surface area contributed by atoms with Crippen LogP contribution >= 0.6 is 0 Å². The van der Waals surface area contributed by atoms with Crippen molar-refractivity contribution in [3.8, 4) is 11.5 Å². The van der Waals surface area contributed by atoms with Gasteiger partial charge in [0, 0.05) is 17.2 Å². The van der Waals surface area contributed by atoms with Gasteiger partial charge in [0.2, 0.25) is 0 Å². The third kappa shape index (κ3) is 5.75. The zero-order valence-corrected chi connectivity index (χ0v) is 18.0. The van der Waals surface area contributed by atoms with Crippen molar-refractivity contribution in [2.24, 2.45) is 0 Å². The SMILES string of the molecule is CCC[C@H](C)NC(=O)c1ccc(OC)c(COc2ccccc2C(C)(C)C)c1. The van der Waals surface area contributed by atoms with Crippen molar-refractivity contribution in [3.63, 3.8) is 0 Å². The highest BCUT2D eigenvalue weighted by Crippen LogP contribution is 2.32. The molecule has 2 aromatic rings. The number of benzene rings is 2. The molecule has 2 aromatic carbocycles. The summed E-state index contributed by atoms with van der Waals surface area (Å²) in [4.78, 5) is 12.5. The van der Waals surface area contributed by atoms with Crippen molar-refractivity contribution >= 4 is 5.91 Å². The first-order valence-corrected chi connectivity index (χ1v) is 9.96. The first-order chi connectivity index (χ1) is 13.3. The third-order valence-electron chi connectivity index (χ3n) is 4.72. The molecule has 0 radical (unpaired) electrons. The Kier molecular flexibility index (Phi) is 7.50. The minimum Gasteiger partial charge on any atom is -0.496 e. The molecule has 1 atom stereocenters. The second-order valence-electron chi connectivity index (χ2n) is 8.22. The maximum absolute atomic E-state index is 12.5. The molecule has 2 rings (SSSR count). The zero-order valence-electron chi connectivity index (χ0n) is 18.0. The highest BCUT2D eigenvalue weighted by molar-refractivity contribution is 5.94. The van der Waals surface area contributed by atoms with Gasteiger partial charge in [-0.3, -0.25) is 4.79 Å². The van der Waals surface area contributed by atoms with E-state index in [-0.39, 0.29) is 17.4 Å². The number of amides is 1. The predicted octanol–water partition coefficient (Wildman–Crippen LogP) is 5.49. The summed E-state index contributed by atoms with van der Waals surface area (Å²) >= 11 is 0. The van der Waals surface area contributed by atoms with Crippen LogP contribution in [-0.4, -0.2) is 19.1 Å². The molecule has 0 heterocycles. The van der Waals surface area contributed by atoms with Crippen LogP contribution in [0, 0.1) is 0 Å². The average molecular weight is 384 g/mol. The first kappa shape index (κ1) is 21.8. The van der Waals surface area contributed by atoms with Crippen LogP contribution in [0.4, 0.5) is 0 Å². The van der Waals surface area contributed by atoms with Gasteiger partial charge in [-0.05, 0) is 48.6 Å². The molecule has 0 saturated carbocycles. The summed E-state index contributed by atoms with van der Waals surface area (Å²) in [7, 11) is 1.63. The summed E-state index contributed by atoms with van der Waals surface area (Å²) in [5, 5.41) is 3.04. The molecule has 0 bridgehead atoms. The molecule has 1 N–H and O–H groups in total. The minimum absolute atomic E-state index is 0.0160. The molecule has 0 saturated heterocycles. The molecular formula is C24H33NO3. The maximum atomic E-state index is 12.5. The number of ether oxygens (including phenoxy) is 2. The van der Waals surface area contributed by atoms with Crippen molar-refractivity contribution in [1.29, 1.82) is 0 Å². The number of carbonyl (C=O) groups excluding carboxylic acids is 1. The normalized spacial score (nSPS) is 12.4. The minimum atomic E-state index is -0.0695. The Hall–Kier alpha value is -2.49. The van der Waals surface area contributed by atoms with Gasteiger partial charge in [-0.15, -0.1) is 0 Å². The highest BCUT2D eigenvalue weighted by Gasteiger charge is 2.19. The fraction of sp³-hybridized carbons (Fsp3) is 0.458. The Morgan fingerprint density at radius 3 is 2.46 bits per heavy atom. The second kappa shape index (κ2) is 9.63. The van der Waals surface area contributed by atoms with E-state index in [1.807, 2.05) is 37.3 Å². The van der Waals surface area contributed by atoms with Crippen molar-refractivity contribution in [3.05, 3.63) is 59.2 Å². The van der Waals surface area contributed by atoms with E-state index in [2.05, 4.69) is 39.1 Å². The lowest BCUT2D eigenvalue weighted by Crippen LogP contribution is -2.32. The van der Waals surface area contributed by atoms with Crippen LogP contribution in [0.15, 0.2) is 42.5 Å². The molecular weight excluding hydrogens is 350 g/mol. The van der Waals surface area contributed by atoms with Crippen LogP contribution in [0.5, 0.6) is 11.5 Å². The monoisotopic (exact) mass is 383 g/mol. The Balaban J connectivity index is 2.20. The van der Waals surface area contributed by atoms with Gasteiger partial charge in [0.05, 0.1) is 7.11 Å². The molecule has 1 amide bonds. The van der Waals surface area contributed by atoms with E-state index in [1.54, 1.807) is 13.2 Å². The van der Waals surface area contributed by atoms with E-state index in [1.165, 1.54) is 0 Å². The third-order valence-corrected chi connectivity index (χ3v) is 4.72. The molecule has 0 fully saturated rings. The van der Waals surface area contributed by atoms with Gasteiger partial charge in [0.15, 0.2) is 0 Å². The number of hydrogen-bond donors (Lipinski definition) is 1. The fourth-order valence-corrected chi connectivity index (χ4v) is 3.21. The van der Waals surface area contributed by atoms with Crippen molar-refractivity contribution in [2.45, 2.75) is 65.5 Å². The van der Waals surface area contributed by atoms with E-state index >= 15 is 0 Å². The topological polar surface area (TPSA) is 47.6 Å². The first-order valence-electron chi connectivity index (χ1n) is 9.96. The highest BCUT2D eigenvalue weighted by atomic mass is 16.5. The van der Waals surface area contributed by atoms with Gasteiger partial charge in [-0.25, -0.2) is 0 Å². The van der Waals surface area contributed by atoms with Crippen LogP contribution in [0.25, 0.3) is 0 Å². The van der Waals surface area contributed by atoms with Crippen molar-refractivity contribution in [2.75, 3.05) is 7.11 Å². The molecule has 0 aliphatic rings. The average Bonchev–Trinajstić information content (AvgIpc) is 2.65. The lowest BCUT2D eigenvalue weighted by Gasteiger charge is -2.23. The Labute approximate surface area is 169 Å². The Morgan fingerprint density at radius 2 is 1.82 bits per heavy atom. The molecule has 0 spiro atoms. The molecule has 0 aliphatic carbocycles. The summed E-state index contributed by atoms with van der Waals surface area (Å²) in [6.45, 7) is 11.0. The lowest BCUT2D eigenvalue weighted by molar-refractivity contribution is 0.0938. The predicted molar refractivity (Wildman–Crippen MR) is 114 cm³/mol. The van der Waals surface area contributed by atoms with Crippen LogP contribution in [0.1, 0.15) is 68.9 Å². The van der Waals surface area contributed by atoms with E-state index in [0.717, 1.165) is 29.7 Å².